The summed E-state index contributed by atoms with van der Waals surface area (Å²) in [6, 6.07) is 0. The summed E-state index contributed by atoms with van der Waals surface area (Å²) in [5.74, 6) is -2.34. The fraction of sp³-hybridized carbons (Fsp3) is 0.667. The van der Waals surface area contributed by atoms with Crippen molar-refractivity contribution >= 4 is 17.9 Å². The lowest BCUT2D eigenvalue weighted by atomic mass is 9.51. The molecule has 0 aromatic rings. The Hall–Kier alpha value is -2.49. The van der Waals surface area contributed by atoms with Crippen molar-refractivity contribution in [2.24, 2.45) is 16.7 Å². The molecule has 2 aliphatic carbocycles. The number of aliphatic hydroxyl groups is 1. The molecule has 2 spiro atoms. The van der Waals surface area contributed by atoms with Gasteiger partial charge in [-0.1, -0.05) is 37.6 Å². The second-order valence-corrected chi connectivity index (χ2v) is 11.0. The zero-order valence-corrected chi connectivity index (χ0v) is 20.9. The Balaban J connectivity index is 1.52. The lowest BCUT2D eigenvalue weighted by molar-refractivity contribution is -0.234. The first-order valence-electron chi connectivity index (χ1n) is 12.7. The maximum absolute atomic E-state index is 12.9. The fourth-order valence-electron chi connectivity index (χ4n) is 6.65. The first-order valence-corrected chi connectivity index (χ1v) is 12.7. The summed E-state index contributed by atoms with van der Waals surface area (Å²) < 4.78 is 29.6. The Kier molecular flexibility index (Phi) is 6.37. The number of hydrogen-bond donors (Lipinski definition) is 1. The van der Waals surface area contributed by atoms with Gasteiger partial charge in [-0.3, -0.25) is 0 Å². The van der Waals surface area contributed by atoms with Gasteiger partial charge < -0.3 is 28.8 Å². The monoisotopic (exact) mass is 502 g/mol. The highest BCUT2D eigenvalue weighted by Gasteiger charge is 2.83. The van der Waals surface area contributed by atoms with E-state index >= 15 is 0 Å². The molecule has 3 fully saturated rings. The second-order valence-electron chi connectivity index (χ2n) is 11.0. The van der Waals surface area contributed by atoms with Crippen LogP contribution in [0.15, 0.2) is 36.0 Å². The van der Waals surface area contributed by atoms with Crippen molar-refractivity contribution in [3.8, 4) is 0 Å². The van der Waals surface area contributed by atoms with Crippen molar-refractivity contribution < 1.29 is 43.2 Å². The molecule has 3 heterocycles. The third kappa shape index (κ3) is 3.83. The molecular weight excluding hydrogens is 468 g/mol. The molecule has 0 unspecified atom stereocenters. The topological polar surface area (TPSA) is 121 Å². The van der Waals surface area contributed by atoms with Crippen molar-refractivity contribution in [1.29, 1.82) is 0 Å². The number of carbonyl (C=O) groups is 3. The zero-order chi connectivity index (χ0) is 25.7. The van der Waals surface area contributed by atoms with Gasteiger partial charge in [0.2, 0.25) is 0 Å². The van der Waals surface area contributed by atoms with Crippen LogP contribution in [0.2, 0.25) is 0 Å². The molecule has 5 rings (SSSR count). The normalized spacial score (nSPS) is 46.8. The van der Waals surface area contributed by atoms with E-state index in [-0.39, 0.29) is 31.8 Å². The lowest BCUT2D eigenvalue weighted by Gasteiger charge is -2.58. The first kappa shape index (κ1) is 25.2. The van der Waals surface area contributed by atoms with Gasteiger partial charge in [0, 0.05) is 24.0 Å². The molecule has 3 aliphatic heterocycles. The van der Waals surface area contributed by atoms with Crippen LogP contribution in [-0.4, -0.2) is 72.9 Å². The SMILES string of the molecule is CC1=C[C@H]2O[C@@H]3C[C@@H]4OC(=O)/C=C\C=C\C(=O)OCC[C@@H](C)[C@H](O)C(=O)OC[C@@]2(CC1)[C@]4(C)[C@]31CO1. The third-order valence-electron chi connectivity index (χ3n) is 9.12. The minimum Gasteiger partial charge on any atom is -0.463 e. The maximum Gasteiger partial charge on any atom is 0.335 e. The standard InChI is InChI=1S/C27H34O9/c1-16-8-10-26-14-33-24(31)23(30)17(2)9-11-32-21(28)6-4-5-7-22(29)36-18-13-20(35-19(26)12-16)27(15-34-27)25(18,26)3/h4-7,12,17-20,23,30H,8-11,13-15H2,1-3H3/b6-4+,7-5-/t17-,18+,19-,20-,23+,25-,26-,27+/m1/s1. The number of carbonyl (C=O) groups excluding carboxylic acids is 3. The van der Waals surface area contributed by atoms with Crippen molar-refractivity contribution in [2.75, 3.05) is 19.8 Å². The Morgan fingerprint density at radius 1 is 1.03 bits per heavy atom. The smallest absolute Gasteiger partial charge is 0.335 e. The van der Waals surface area contributed by atoms with Crippen LogP contribution in [0.4, 0.5) is 0 Å². The van der Waals surface area contributed by atoms with Gasteiger partial charge in [-0.15, -0.1) is 0 Å². The van der Waals surface area contributed by atoms with Gasteiger partial charge in [-0.25, -0.2) is 14.4 Å². The highest BCUT2D eigenvalue weighted by molar-refractivity contribution is 5.84. The number of hydrogen-bond acceptors (Lipinski definition) is 9. The van der Waals surface area contributed by atoms with E-state index in [1.807, 2.05) is 0 Å². The minimum atomic E-state index is -1.37. The molecule has 5 aliphatic rings. The van der Waals surface area contributed by atoms with Gasteiger partial charge in [0.05, 0.1) is 30.8 Å². The number of aliphatic hydroxyl groups excluding tert-OH is 1. The molecule has 36 heavy (non-hydrogen) atoms. The van der Waals surface area contributed by atoms with Crippen LogP contribution < -0.4 is 0 Å². The van der Waals surface area contributed by atoms with E-state index < -0.39 is 52.5 Å². The quantitative estimate of drug-likeness (QED) is 0.230. The molecule has 9 heteroatoms. The summed E-state index contributed by atoms with van der Waals surface area (Å²) in [6.07, 6.45) is 7.11. The summed E-state index contributed by atoms with van der Waals surface area (Å²) in [5.41, 5.74) is -0.820. The summed E-state index contributed by atoms with van der Waals surface area (Å²) >= 11 is 0. The predicted octanol–water partition coefficient (Wildman–Crippen LogP) is 2.17. The van der Waals surface area contributed by atoms with Crippen LogP contribution >= 0.6 is 0 Å². The number of cyclic esters (lactones) is 2. The van der Waals surface area contributed by atoms with Crippen LogP contribution in [0.5, 0.6) is 0 Å². The molecule has 1 saturated carbocycles. The molecule has 0 aromatic carbocycles. The largest absolute Gasteiger partial charge is 0.463 e. The molecule has 0 amide bonds. The summed E-state index contributed by atoms with van der Waals surface area (Å²) in [5, 5.41) is 10.6. The first-order chi connectivity index (χ1) is 17.1. The van der Waals surface area contributed by atoms with E-state index in [9.17, 15) is 19.5 Å². The predicted molar refractivity (Wildman–Crippen MR) is 125 cm³/mol. The van der Waals surface area contributed by atoms with Gasteiger partial charge in [0.1, 0.15) is 18.3 Å². The Labute approximate surface area is 210 Å². The highest BCUT2D eigenvalue weighted by atomic mass is 16.6. The number of rotatable bonds is 0. The fourth-order valence-corrected chi connectivity index (χ4v) is 6.65. The molecule has 0 radical (unpaired) electrons. The molecule has 9 nitrogen and oxygen atoms in total. The Morgan fingerprint density at radius 2 is 1.75 bits per heavy atom. The van der Waals surface area contributed by atoms with Crippen molar-refractivity contribution in [3.05, 3.63) is 36.0 Å². The van der Waals surface area contributed by atoms with Gasteiger partial charge >= 0.3 is 17.9 Å². The number of ether oxygens (including phenoxy) is 5. The van der Waals surface area contributed by atoms with E-state index in [2.05, 4.69) is 19.9 Å². The van der Waals surface area contributed by atoms with E-state index in [1.54, 1.807) is 6.92 Å². The van der Waals surface area contributed by atoms with Crippen molar-refractivity contribution in [3.63, 3.8) is 0 Å². The van der Waals surface area contributed by atoms with Gasteiger partial charge in [-0.05, 0) is 32.1 Å². The number of esters is 3. The lowest BCUT2D eigenvalue weighted by Crippen LogP contribution is -2.66. The Morgan fingerprint density at radius 3 is 2.47 bits per heavy atom. The number of epoxide rings is 1. The third-order valence-corrected chi connectivity index (χ3v) is 9.12. The van der Waals surface area contributed by atoms with E-state index in [1.165, 1.54) is 29.9 Å². The highest BCUT2D eigenvalue weighted by Crippen LogP contribution is 2.72. The van der Waals surface area contributed by atoms with Crippen LogP contribution in [0.3, 0.4) is 0 Å². The van der Waals surface area contributed by atoms with Crippen LogP contribution in [0.1, 0.15) is 46.5 Å². The molecular formula is C27H34O9. The minimum absolute atomic E-state index is 0.00000344. The van der Waals surface area contributed by atoms with E-state index in [4.69, 9.17) is 23.7 Å². The van der Waals surface area contributed by atoms with Crippen LogP contribution in [-0.2, 0) is 38.1 Å². The number of allylic oxidation sites excluding steroid dienone is 3. The van der Waals surface area contributed by atoms with E-state index in [0.717, 1.165) is 6.42 Å². The van der Waals surface area contributed by atoms with Crippen molar-refractivity contribution in [1.82, 2.24) is 0 Å². The van der Waals surface area contributed by atoms with Crippen LogP contribution in [0, 0.1) is 16.7 Å². The van der Waals surface area contributed by atoms with E-state index in [0.29, 0.717) is 19.4 Å². The van der Waals surface area contributed by atoms with Gasteiger partial charge in [-0.2, -0.15) is 0 Å². The molecule has 0 aromatic heterocycles. The van der Waals surface area contributed by atoms with Gasteiger partial charge in [0.25, 0.3) is 0 Å². The Bertz CT molecular complexity index is 1020. The summed E-state index contributed by atoms with van der Waals surface area (Å²) in [7, 11) is 0. The molecule has 8 atom stereocenters. The maximum atomic E-state index is 12.9. The summed E-state index contributed by atoms with van der Waals surface area (Å²) in [6.45, 7) is 6.34. The summed E-state index contributed by atoms with van der Waals surface area (Å²) in [4.78, 5) is 37.6. The average molecular weight is 503 g/mol. The second kappa shape index (κ2) is 9.11. The zero-order valence-electron chi connectivity index (χ0n) is 20.9. The van der Waals surface area contributed by atoms with Gasteiger partial charge in [0.15, 0.2) is 6.10 Å². The molecule has 2 bridgehead atoms. The average Bonchev–Trinajstić information content (AvgIpc) is 3.62. The molecule has 196 valence electrons. The van der Waals surface area contributed by atoms with Crippen LogP contribution in [0.25, 0.3) is 0 Å². The van der Waals surface area contributed by atoms with Crippen molar-refractivity contribution in [2.45, 2.75) is 76.5 Å². The molecule has 2 saturated heterocycles. The molecule has 1 N–H and O–H groups in total.